The van der Waals surface area contributed by atoms with Crippen LogP contribution in [0, 0.1) is 0 Å². The number of carbonyl (C=O) groups is 1. The number of aryl methyl sites for hydroxylation is 1. The summed E-state index contributed by atoms with van der Waals surface area (Å²) in [4.78, 5) is 14.6. The minimum atomic E-state index is -0.757. The molecule has 0 unspecified atom stereocenters. The van der Waals surface area contributed by atoms with Gasteiger partial charge in [-0.25, -0.2) is 4.98 Å². The molecule has 2 N–H and O–H groups in total. The SMILES string of the molecule is O=C(O)CCCc1nc(C2CC2)n[nH]1. The summed E-state index contributed by atoms with van der Waals surface area (Å²) in [6.07, 6.45) is 3.86. The molecule has 5 heteroatoms. The van der Waals surface area contributed by atoms with Crippen molar-refractivity contribution >= 4 is 5.97 Å². The summed E-state index contributed by atoms with van der Waals surface area (Å²) in [5.41, 5.74) is 0. The summed E-state index contributed by atoms with van der Waals surface area (Å²) in [6.45, 7) is 0. The van der Waals surface area contributed by atoms with Gasteiger partial charge in [0.15, 0.2) is 5.82 Å². The maximum atomic E-state index is 10.3. The van der Waals surface area contributed by atoms with E-state index in [2.05, 4.69) is 15.2 Å². The average Bonchev–Trinajstić information content (AvgIpc) is 2.87. The predicted molar refractivity (Wildman–Crippen MR) is 48.9 cm³/mol. The van der Waals surface area contributed by atoms with Crippen LogP contribution in [-0.4, -0.2) is 26.3 Å². The number of carboxylic acid groups (broad SMARTS) is 1. The summed E-state index contributed by atoms with van der Waals surface area (Å²) >= 11 is 0. The Morgan fingerprint density at radius 2 is 2.36 bits per heavy atom. The zero-order valence-corrected chi connectivity index (χ0v) is 7.86. The molecule has 5 nitrogen and oxygen atoms in total. The molecule has 76 valence electrons. The van der Waals surface area contributed by atoms with Crippen LogP contribution in [0.4, 0.5) is 0 Å². The van der Waals surface area contributed by atoms with Gasteiger partial charge in [-0.2, -0.15) is 5.10 Å². The third-order valence-corrected chi connectivity index (χ3v) is 2.30. The first-order valence-electron chi connectivity index (χ1n) is 4.88. The maximum Gasteiger partial charge on any atom is 0.303 e. The van der Waals surface area contributed by atoms with Gasteiger partial charge in [-0.15, -0.1) is 0 Å². The van der Waals surface area contributed by atoms with Crippen LogP contribution in [0.2, 0.25) is 0 Å². The standard InChI is InChI=1S/C9H13N3O2/c13-8(14)3-1-2-7-10-9(12-11-7)6-4-5-6/h6H,1-5H2,(H,13,14)(H,10,11,12). The van der Waals surface area contributed by atoms with Crippen molar-refractivity contribution in [2.45, 2.75) is 38.0 Å². The molecule has 0 amide bonds. The van der Waals surface area contributed by atoms with Crippen molar-refractivity contribution in [2.24, 2.45) is 0 Å². The van der Waals surface area contributed by atoms with Crippen molar-refractivity contribution < 1.29 is 9.90 Å². The van der Waals surface area contributed by atoms with Gasteiger partial charge in [-0.05, 0) is 19.3 Å². The Hall–Kier alpha value is -1.39. The molecule has 1 aliphatic carbocycles. The van der Waals surface area contributed by atoms with Gasteiger partial charge in [0, 0.05) is 18.8 Å². The molecule has 1 saturated carbocycles. The van der Waals surface area contributed by atoms with Crippen molar-refractivity contribution in [1.82, 2.24) is 15.2 Å². The molecule has 0 atom stereocenters. The fourth-order valence-corrected chi connectivity index (χ4v) is 1.35. The molecule has 0 spiro atoms. The zero-order valence-electron chi connectivity index (χ0n) is 7.86. The molecular weight excluding hydrogens is 182 g/mol. The fourth-order valence-electron chi connectivity index (χ4n) is 1.35. The first-order chi connectivity index (χ1) is 6.75. The summed E-state index contributed by atoms with van der Waals surface area (Å²) < 4.78 is 0. The second kappa shape index (κ2) is 3.77. The fraction of sp³-hybridized carbons (Fsp3) is 0.667. The molecule has 14 heavy (non-hydrogen) atoms. The quantitative estimate of drug-likeness (QED) is 0.737. The van der Waals surface area contributed by atoms with Gasteiger partial charge in [-0.3, -0.25) is 9.89 Å². The zero-order chi connectivity index (χ0) is 9.97. The average molecular weight is 195 g/mol. The van der Waals surface area contributed by atoms with Crippen LogP contribution in [0.15, 0.2) is 0 Å². The van der Waals surface area contributed by atoms with Gasteiger partial charge in [0.25, 0.3) is 0 Å². The van der Waals surface area contributed by atoms with Gasteiger partial charge in [-0.1, -0.05) is 0 Å². The third kappa shape index (κ3) is 2.31. The first kappa shape index (κ1) is 9.18. The first-order valence-corrected chi connectivity index (χ1v) is 4.88. The minimum Gasteiger partial charge on any atom is -0.481 e. The summed E-state index contributed by atoms with van der Waals surface area (Å²) in [6, 6.07) is 0. The number of aromatic nitrogens is 3. The predicted octanol–water partition coefficient (Wildman–Crippen LogP) is 1.09. The van der Waals surface area contributed by atoms with E-state index in [0.29, 0.717) is 18.8 Å². The second-order valence-corrected chi connectivity index (χ2v) is 3.66. The van der Waals surface area contributed by atoms with Crippen LogP contribution >= 0.6 is 0 Å². The number of rotatable bonds is 5. The number of H-pyrrole nitrogens is 1. The Labute approximate surface area is 81.6 Å². The monoisotopic (exact) mass is 195 g/mol. The third-order valence-electron chi connectivity index (χ3n) is 2.30. The number of hydrogen-bond donors (Lipinski definition) is 2. The number of nitrogens with one attached hydrogen (secondary N) is 1. The molecule has 0 aliphatic heterocycles. The van der Waals surface area contributed by atoms with E-state index in [1.165, 1.54) is 12.8 Å². The van der Waals surface area contributed by atoms with Gasteiger partial charge < -0.3 is 5.11 Å². The van der Waals surface area contributed by atoms with E-state index in [9.17, 15) is 4.79 Å². The highest BCUT2D eigenvalue weighted by Gasteiger charge is 2.27. The van der Waals surface area contributed by atoms with Crippen LogP contribution in [0.25, 0.3) is 0 Å². The Morgan fingerprint density at radius 3 is 3.00 bits per heavy atom. The molecule has 1 aromatic heterocycles. The lowest BCUT2D eigenvalue weighted by Crippen LogP contribution is -1.97. The van der Waals surface area contributed by atoms with E-state index in [1.54, 1.807) is 0 Å². The van der Waals surface area contributed by atoms with Crippen molar-refractivity contribution in [3.8, 4) is 0 Å². The maximum absolute atomic E-state index is 10.3. The summed E-state index contributed by atoms with van der Waals surface area (Å²) in [5.74, 6) is 1.51. The summed E-state index contributed by atoms with van der Waals surface area (Å²) in [7, 11) is 0. The number of hydrogen-bond acceptors (Lipinski definition) is 3. The van der Waals surface area contributed by atoms with Gasteiger partial charge in [0.05, 0.1) is 0 Å². The van der Waals surface area contributed by atoms with Crippen LogP contribution in [0.1, 0.15) is 43.3 Å². The second-order valence-electron chi connectivity index (χ2n) is 3.66. The molecule has 2 rings (SSSR count). The molecule has 0 saturated heterocycles. The van der Waals surface area contributed by atoms with Crippen LogP contribution in [-0.2, 0) is 11.2 Å². The van der Waals surface area contributed by atoms with E-state index in [0.717, 1.165) is 11.6 Å². The number of nitrogens with zero attached hydrogens (tertiary/aromatic N) is 2. The topological polar surface area (TPSA) is 78.9 Å². The van der Waals surface area contributed by atoms with Crippen LogP contribution in [0.3, 0.4) is 0 Å². The Kier molecular flexibility index (Phi) is 2.47. The van der Waals surface area contributed by atoms with Gasteiger partial charge in [0.1, 0.15) is 5.82 Å². The van der Waals surface area contributed by atoms with E-state index < -0.39 is 5.97 Å². The highest BCUT2D eigenvalue weighted by molar-refractivity contribution is 5.66. The molecule has 1 aliphatic rings. The molecule has 0 radical (unpaired) electrons. The largest absolute Gasteiger partial charge is 0.481 e. The highest BCUT2D eigenvalue weighted by atomic mass is 16.4. The lowest BCUT2D eigenvalue weighted by molar-refractivity contribution is -0.137. The number of carboxylic acids is 1. The van der Waals surface area contributed by atoms with Crippen molar-refractivity contribution in [1.29, 1.82) is 0 Å². The van der Waals surface area contributed by atoms with Gasteiger partial charge in [0.2, 0.25) is 0 Å². The Balaban J connectivity index is 1.80. The van der Waals surface area contributed by atoms with E-state index in [-0.39, 0.29) is 6.42 Å². The molecule has 1 fully saturated rings. The van der Waals surface area contributed by atoms with Crippen LogP contribution in [0.5, 0.6) is 0 Å². The number of aliphatic carboxylic acids is 1. The summed E-state index contributed by atoms with van der Waals surface area (Å²) in [5, 5.41) is 15.4. The van der Waals surface area contributed by atoms with Crippen LogP contribution < -0.4 is 0 Å². The molecule has 0 aromatic carbocycles. The highest BCUT2D eigenvalue weighted by Crippen LogP contribution is 2.37. The van der Waals surface area contributed by atoms with E-state index >= 15 is 0 Å². The van der Waals surface area contributed by atoms with Crippen molar-refractivity contribution in [2.75, 3.05) is 0 Å². The van der Waals surface area contributed by atoms with Gasteiger partial charge >= 0.3 is 5.97 Å². The van der Waals surface area contributed by atoms with E-state index in [1.807, 2.05) is 0 Å². The lowest BCUT2D eigenvalue weighted by Gasteiger charge is -1.92. The minimum absolute atomic E-state index is 0.194. The smallest absolute Gasteiger partial charge is 0.303 e. The van der Waals surface area contributed by atoms with Crippen molar-refractivity contribution in [3.05, 3.63) is 11.6 Å². The van der Waals surface area contributed by atoms with E-state index in [4.69, 9.17) is 5.11 Å². The Bertz CT molecular complexity index is 331. The number of aromatic amines is 1. The molecular formula is C9H13N3O2. The molecule has 1 heterocycles. The van der Waals surface area contributed by atoms with Crippen molar-refractivity contribution in [3.63, 3.8) is 0 Å². The normalized spacial score (nSPS) is 15.7. The Morgan fingerprint density at radius 1 is 1.57 bits per heavy atom. The molecule has 0 bridgehead atoms. The molecule has 1 aromatic rings. The lowest BCUT2D eigenvalue weighted by atomic mass is 10.2.